The van der Waals surface area contributed by atoms with Crippen LogP contribution in [0.3, 0.4) is 0 Å². The molecule has 1 aliphatic heterocycles. The summed E-state index contributed by atoms with van der Waals surface area (Å²) in [7, 11) is 2.89. The van der Waals surface area contributed by atoms with E-state index in [1.165, 1.54) is 14.2 Å². The molecule has 0 radical (unpaired) electrons. The molecule has 2 amide bonds. The Hall–Kier alpha value is -2.00. The lowest BCUT2D eigenvalue weighted by Gasteiger charge is -2.12. The average Bonchev–Trinajstić information content (AvgIpc) is 2.82. The number of nitrogens with zero attached hydrogens (tertiary/aromatic N) is 1. The largest absolute Gasteiger partial charge is 0.493 e. The topological polar surface area (TPSA) is 82.1 Å². The number of ether oxygens (including phenoxy) is 3. The van der Waals surface area contributed by atoms with Crippen LogP contribution in [0.25, 0.3) is 6.08 Å². The fourth-order valence-electron chi connectivity index (χ4n) is 1.96. The van der Waals surface area contributed by atoms with E-state index in [2.05, 4.69) is 15.9 Å². The number of hydrogen-bond donors (Lipinski definition) is 0. The monoisotopic (exact) mass is 429 g/mol. The Balaban J connectivity index is 2.26. The van der Waals surface area contributed by atoms with Gasteiger partial charge in [0, 0.05) is 11.5 Å². The maximum atomic E-state index is 12.0. The number of halogens is 1. The third-order valence-corrected chi connectivity index (χ3v) is 4.85. The van der Waals surface area contributed by atoms with Gasteiger partial charge in [0.15, 0.2) is 18.1 Å². The fraction of sp³-hybridized carbons (Fsp3) is 0.312. The Morgan fingerprint density at radius 2 is 2.04 bits per heavy atom. The lowest BCUT2D eigenvalue weighted by atomic mass is 10.2. The van der Waals surface area contributed by atoms with E-state index in [0.29, 0.717) is 26.4 Å². The molecule has 0 aliphatic carbocycles. The van der Waals surface area contributed by atoms with Gasteiger partial charge in [-0.3, -0.25) is 14.5 Å². The number of carbonyl (C=O) groups is 3. The van der Waals surface area contributed by atoms with Gasteiger partial charge < -0.3 is 14.2 Å². The molecule has 0 saturated carbocycles. The molecule has 0 atom stereocenters. The number of benzene rings is 1. The van der Waals surface area contributed by atoms with Crippen molar-refractivity contribution in [3.8, 4) is 11.5 Å². The van der Waals surface area contributed by atoms with E-state index in [0.717, 1.165) is 16.7 Å². The first kappa shape index (κ1) is 19.3. The van der Waals surface area contributed by atoms with Crippen molar-refractivity contribution >= 4 is 50.9 Å². The van der Waals surface area contributed by atoms with Crippen molar-refractivity contribution in [3.05, 3.63) is 27.1 Å². The van der Waals surface area contributed by atoms with Crippen molar-refractivity contribution in [3.63, 3.8) is 0 Å². The summed E-state index contributed by atoms with van der Waals surface area (Å²) in [4.78, 5) is 36.3. The first-order chi connectivity index (χ1) is 11.9. The van der Waals surface area contributed by atoms with E-state index in [1.54, 1.807) is 25.1 Å². The number of rotatable bonds is 6. The van der Waals surface area contributed by atoms with Crippen molar-refractivity contribution in [2.75, 3.05) is 27.4 Å². The normalized spacial score (nSPS) is 15.7. The van der Waals surface area contributed by atoms with Crippen LogP contribution in [-0.4, -0.2) is 49.4 Å². The van der Waals surface area contributed by atoms with Crippen LogP contribution in [0.15, 0.2) is 21.5 Å². The molecule has 0 spiro atoms. The van der Waals surface area contributed by atoms with Crippen LogP contribution in [-0.2, 0) is 14.3 Å². The molecule has 0 N–H and O–H groups in total. The molecule has 1 aromatic carbocycles. The third kappa shape index (κ3) is 4.55. The highest BCUT2D eigenvalue weighted by atomic mass is 79.9. The number of likely N-dealkylation sites (N-methyl/N-ethyl adjacent to an activating group) is 1. The summed E-state index contributed by atoms with van der Waals surface area (Å²) in [6, 6.07) is 3.27. The van der Waals surface area contributed by atoms with Crippen LogP contribution >= 0.6 is 27.7 Å². The molecule has 25 heavy (non-hydrogen) atoms. The Kier molecular flexibility index (Phi) is 6.49. The molecular formula is C16H16BrNO6S. The zero-order valence-corrected chi connectivity index (χ0v) is 16.2. The van der Waals surface area contributed by atoms with Crippen molar-refractivity contribution in [2.45, 2.75) is 6.92 Å². The molecule has 134 valence electrons. The standard InChI is InChI=1S/C16H16BrNO6S/c1-4-23-14(19)8-24-12-7-10(17)9(5-11(12)22-3)6-13-15(20)18(2)16(21)25-13/h5-7H,4,8H2,1-3H3/b13-6-. The fourth-order valence-corrected chi connectivity index (χ4v) is 3.21. The molecule has 0 bridgehead atoms. The minimum Gasteiger partial charge on any atom is -0.493 e. The summed E-state index contributed by atoms with van der Waals surface area (Å²) in [5, 5.41) is -0.325. The molecule has 7 nitrogen and oxygen atoms in total. The summed E-state index contributed by atoms with van der Waals surface area (Å²) in [5.41, 5.74) is 0.638. The summed E-state index contributed by atoms with van der Waals surface area (Å²) >= 11 is 4.26. The molecule has 0 unspecified atom stereocenters. The smallest absolute Gasteiger partial charge is 0.344 e. The highest BCUT2D eigenvalue weighted by molar-refractivity contribution is 9.10. The molecule has 1 heterocycles. The van der Waals surface area contributed by atoms with Crippen LogP contribution in [0.1, 0.15) is 12.5 Å². The van der Waals surface area contributed by atoms with Gasteiger partial charge in [-0.1, -0.05) is 15.9 Å². The first-order valence-corrected chi connectivity index (χ1v) is 8.85. The molecule has 1 fully saturated rings. The van der Waals surface area contributed by atoms with Gasteiger partial charge in [0.05, 0.1) is 18.6 Å². The highest BCUT2D eigenvalue weighted by Crippen LogP contribution is 2.37. The predicted octanol–water partition coefficient (Wildman–Crippen LogP) is 3.07. The second-order valence-electron chi connectivity index (χ2n) is 4.86. The Morgan fingerprint density at radius 3 is 2.60 bits per heavy atom. The lowest BCUT2D eigenvalue weighted by molar-refractivity contribution is -0.145. The van der Waals surface area contributed by atoms with Gasteiger partial charge in [0.1, 0.15) is 0 Å². The van der Waals surface area contributed by atoms with Gasteiger partial charge in [-0.15, -0.1) is 0 Å². The second kappa shape index (κ2) is 8.39. The number of amides is 2. The van der Waals surface area contributed by atoms with Crippen molar-refractivity contribution in [1.29, 1.82) is 0 Å². The SMILES string of the molecule is CCOC(=O)COc1cc(Br)c(/C=C2\SC(=O)N(C)C2=O)cc1OC. The van der Waals surface area contributed by atoms with Gasteiger partial charge in [-0.05, 0) is 42.5 Å². The minimum absolute atomic E-state index is 0.245. The maximum Gasteiger partial charge on any atom is 0.344 e. The molecule has 1 aliphatic rings. The lowest BCUT2D eigenvalue weighted by Crippen LogP contribution is -2.22. The van der Waals surface area contributed by atoms with E-state index < -0.39 is 5.97 Å². The number of carbonyl (C=O) groups excluding carboxylic acids is 3. The van der Waals surface area contributed by atoms with Gasteiger partial charge in [0.25, 0.3) is 11.1 Å². The van der Waals surface area contributed by atoms with Crippen LogP contribution in [0, 0.1) is 0 Å². The van der Waals surface area contributed by atoms with E-state index in [1.807, 2.05) is 0 Å². The summed E-state index contributed by atoms with van der Waals surface area (Å²) in [6.07, 6.45) is 1.59. The number of esters is 1. The summed E-state index contributed by atoms with van der Waals surface area (Å²) in [5.74, 6) is -0.109. The van der Waals surface area contributed by atoms with Gasteiger partial charge >= 0.3 is 5.97 Å². The maximum absolute atomic E-state index is 12.0. The van der Waals surface area contributed by atoms with Crippen molar-refractivity contribution < 1.29 is 28.6 Å². The molecule has 2 rings (SSSR count). The van der Waals surface area contributed by atoms with E-state index in [4.69, 9.17) is 14.2 Å². The predicted molar refractivity (Wildman–Crippen MR) is 96.6 cm³/mol. The second-order valence-corrected chi connectivity index (χ2v) is 6.71. The number of hydrogen-bond acceptors (Lipinski definition) is 7. The highest BCUT2D eigenvalue weighted by Gasteiger charge is 2.32. The van der Waals surface area contributed by atoms with Crippen molar-refractivity contribution in [2.24, 2.45) is 0 Å². The molecule has 0 aromatic heterocycles. The Labute approximate surface area is 157 Å². The number of methoxy groups -OCH3 is 1. The van der Waals surface area contributed by atoms with Gasteiger partial charge in [-0.2, -0.15) is 0 Å². The first-order valence-electron chi connectivity index (χ1n) is 7.24. The van der Waals surface area contributed by atoms with Crippen LogP contribution < -0.4 is 9.47 Å². The van der Waals surface area contributed by atoms with Crippen molar-refractivity contribution in [1.82, 2.24) is 4.90 Å². The van der Waals surface area contributed by atoms with Gasteiger partial charge in [-0.25, -0.2) is 4.79 Å². The summed E-state index contributed by atoms with van der Waals surface area (Å²) < 4.78 is 16.1. The Morgan fingerprint density at radius 1 is 1.32 bits per heavy atom. The quantitative estimate of drug-likeness (QED) is 0.507. The third-order valence-electron chi connectivity index (χ3n) is 3.21. The van der Waals surface area contributed by atoms with E-state index in [-0.39, 0.29) is 24.4 Å². The molecular weight excluding hydrogens is 414 g/mol. The van der Waals surface area contributed by atoms with Crippen LogP contribution in [0.5, 0.6) is 11.5 Å². The molecule has 1 aromatic rings. The van der Waals surface area contributed by atoms with Crippen LogP contribution in [0.2, 0.25) is 0 Å². The van der Waals surface area contributed by atoms with E-state index in [9.17, 15) is 14.4 Å². The Bertz CT molecular complexity index is 748. The minimum atomic E-state index is -0.485. The van der Waals surface area contributed by atoms with Gasteiger partial charge in [0.2, 0.25) is 0 Å². The number of imide groups is 1. The van der Waals surface area contributed by atoms with Crippen LogP contribution in [0.4, 0.5) is 4.79 Å². The average molecular weight is 430 g/mol. The zero-order valence-electron chi connectivity index (χ0n) is 13.8. The number of thioether (sulfide) groups is 1. The molecule has 1 saturated heterocycles. The summed E-state index contributed by atoms with van der Waals surface area (Å²) in [6.45, 7) is 1.74. The van der Waals surface area contributed by atoms with E-state index >= 15 is 0 Å². The molecule has 9 heteroatoms. The zero-order chi connectivity index (χ0) is 18.6.